The second-order valence-electron chi connectivity index (χ2n) is 9.81. The van der Waals surface area contributed by atoms with E-state index in [0.29, 0.717) is 12.8 Å². The van der Waals surface area contributed by atoms with Crippen molar-refractivity contribution in [1.29, 1.82) is 0 Å². The Balaban J connectivity index is 1.26. The highest BCUT2D eigenvalue weighted by molar-refractivity contribution is 5.71. The molecule has 6 rings (SSSR count). The van der Waals surface area contributed by atoms with E-state index in [2.05, 4.69) is 84.9 Å². The van der Waals surface area contributed by atoms with Crippen molar-refractivity contribution in [2.24, 2.45) is 0 Å². The highest BCUT2D eigenvalue weighted by atomic mass is 16.3. The van der Waals surface area contributed by atoms with Gasteiger partial charge in [0.05, 0.1) is 12.2 Å². The zero-order chi connectivity index (χ0) is 23.1. The van der Waals surface area contributed by atoms with Crippen molar-refractivity contribution in [3.05, 3.63) is 119 Å². The van der Waals surface area contributed by atoms with E-state index in [4.69, 9.17) is 0 Å². The van der Waals surface area contributed by atoms with Gasteiger partial charge in [-0.2, -0.15) is 0 Å². The molecule has 2 nitrogen and oxygen atoms in total. The van der Waals surface area contributed by atoms with Gasteiger partial charge in [0.15, 0.2) is 0 Å². The van der Waals surface area contributed by atoms with Crippen LogP contribution in [0.25, 0.3) is 22.3 Å². The van der Waals surface area contributed by atoms with Crippen LogP contribution in [0, 0.1) is 0 Å². The van der Waals surface area contributed by atoms with Gasteiger partial charge in [-0.15, -0.1) is 0 Å². The average Bonchev–Trinajstić information content (AvgIpc) is 3.38. The highest BCUT2D eigenvalue weighted by Crippen LogP contribution is 2.46. The van der Waals surface area contributed by atoms with Crippen LogP contribution in [-0.4, -0.2) is 22.4 Å². The monoisotopic (exact) mass is 446 g/mol. The Hall–Kier alpha value is -3.20. The number of fused-ring (bicyclic) bond motifs is 2. The molecule has 4 aromatic carbocycles. The van der Waals surface area contributed by atoms with Gasteiger partial charge < -0.3 is 10.2 Å². The number of benzene rings is 4. The molecule has 4 atom stereocenters. The largest absolute Gasteiger partial charge is 0.392 e. The van der Waals surface area contributed by atoms with Crippen molar-refractivity contribution >= 4 is 0 Å². The maximum Gasteiger partial charge on any atom is 0.0649 e. The second-order valence-corrected chi connectivity index (χ2v) is 9.81. The highest BCUT2D eigenvalue weighted by Gasteiger charge is 2.36. The second kappa shape index (κ2) is 8.87. The van der Waals surface area contributed by atoms with E-state index in [9.17, 15) is 10.2 Å². The summed E-state index contributed by atoms with van der Waals surface area (Å²) in [5.41, 5.74) is 10.0. The van der Waals surface area contributed by atoms with Gasteiger partial charge in [-0.25, -0.2) is 0 Å². The van der Waals surface area contributed by atoms with Crippen molar-refractivity contribution in [1.82, 2.24) is 0 Å². The third-order valence-corrected chi connectivity index (χ3v) is 7.94. The van der Waals surface area contributed by atoms with Gasteiger partial charge in [0.2, 0.25) is 0 Å². The number of hydrogen-bond donors (Lipinski definition) is 2. The molecule has 0 saturated heterocycles. The molecule has 0 fully saturated rings. The van der Waals surface area contributed by atoms with E-state index < -0.39 is 0 Å². The minimum absolute atomic E-state index is 0.118. The molecule has 0 heterocycles. The molecular weight excluding hydrogens is 416 g/mol. The first-order valence-electron chi connectivity index (χ1n) is 12.4. The standard InChI is InChI=1S/C32H30O2/c33-31-19-29-23(21-9-3-1-4-10-21)13-7-15-25(29)27(31)17-18-28-26-16-8-14-24(30(26)20-32(28)34)22-11-5-2-6-12-22/h1-16,27-28,31-34H,17-20H2. The third-order valence-electron chi connectivity index (χ3n) is 7.94. The first kappa shape index (κ1) is 21.3. The third kappa shape index (κ3) is 3.68. The van der Waals surface area contributed by atoms with Gasteiger partial charge in [-0.1, -0.05) is 97.1 Å². The van der Waals surface area contributed by atoms with Gasteiger partial charge in [0.25, 0.3) is 0 Å². The van der Waals surface area contributed by atoms with Crippen molar-refractivity contribution in [3.8, 4) is 22.3 Å². The molecule has 0 bridgehead atoms. The molecule has 2 aliphatic carbocycles. The van der Waals surface area contributed by atoms with Crippen molar-refractivity contribution < 1.29 is 10.2 Å². The van der Waals surface area contributed by atoms with Crippen LogP contribution in [0.2, 0.25) is 0 Å². The van der Waals surface area contributed by atoms with Crippen LogP contribution >= 0.6 is 0 Å². The zero-order valence-electron chi connectivity index (χ0n) is 19.3. The molecule has 0 aliphatic heterocycles. The molecule has 2 heteroatoms. The molecule has 0 radical (unpaired) electrons. The van der Waals surface area contributed by atoms with E-state index in [1.54, 1.807) is 0 Å². The Morgan fingerprint density at radius 2 is 0.912 bits per heavy atom. The van der Waals surface area contributed by atoms with Crippen LogP contribution in [0.3, 0.4) is 0 Å². The van der Waals surface area contributed by atoms with Crippen LogP contribution in [0.15, 0.2) is 97.1 Å². The first-order valence-corrected chi connectivity index (χ1v) is 12.4. The maximum absolute atomic E-state index is 11.0. The molecular formula is C32H30O2. The molecule has 34 heavy (non-hydrogen) atoms. The summed E-state index contributed by atoms with van der Waals surface area (Å²) in [5.74, 6) is 0.236. The SMILES string of the molecule is OC1Cc2c(-c3ccccc3)cccc2C1CCC1c2cccc(-c3ccccc3)c2CC1O. The number of aliphatic hydroxyl groups is 2. The molecule has 0 aromatic heterocycles. The summed E-state index contributed by atoms with van der Waals surface area (Å²) >= 11 is 0. The summed E-state index contributed by atoms with van der Waals surface area (Å²) in [5, 5.41) is 22.1. The molecule has 170 valence electrons. The van der Waals surface area contributed by atoms with Crippen LogP contribution in [0.5, 0.6) is 0 Å². The summed E-state index contributed by atoms with van der Waals surface area (Å²) in [6.45, 7) is 0. The Kier molecular flexibility index (Phi) is 5.57. The summed E-state index contributed by atoms with van der Waals surface area (Å²) in [7, 11) is 0. The molecule has 4 aromatic rings. The van der Waals surface area contributed by atoms with E-state index >= 15 is 0 Å². The summed E-state index contributed by atoms with van der Waals surface area (Å²) in [6, 6.07) is 33.9. The predicted molar refractivity (Wildman–Crippen MR) is 138 cm³/mol. The Morgan fingerprint density at radius 3 is 1.32 bits per heavy atom. The molecule has 4 unspecified atom stereocenters. The number of hydrogen-bond acceptors (Lipinski definition) is 2. The fraction of sp³-hybridized carbons (Fsp3) is 0.250. The number of aliphatic hydroxyl groups excluding tert-OH is 2. The lowest BCUT2D eigenvalue weighted by Crippen LogP contribution is -2.18. The van der Waals surface area contributed by atoms with Crippen LogP contribution in [0.4, 0.5) is 0 Å². The smallest absolute Gasteiger partial charge is 0.0649 e. The fourth-order valence-corrected chi connectivity index (χ4v) is 6.31. The van der Waals surface area contributed by atoms with Crippen LogP contribution < -0.4 is 0 Å². The lowest BCUT2D eigenvalue weighted by atomic mass is 9.86. The van der Waals surface area contributed by atoms with Gasteiger partial charge in [-0.05, 0) is 70.2 Å². The Morgan fingerprint density at radius 1 is 0.500 bits per heavy atom. The van der Waals surface area contributed by atoms with E-state index in [0.717, 1.165) is 12.8 Å². The number of rotatable bonds is 5. The summed E-state index contributed by atoms with van der Waals surface area (Å²) < 4.78 is 0. The predicted octanol–water partition coefficient (Wildman–Crippen LogP) is 6.50. The Labute approximate surface area is 201 Å². The quantitative estimate of drug-likeness (QED) is 0.367. The van der Waals surface area contributed by atoms with E-state index in [1.165, 1.54) is 44.5 Å². The van der Waals surface area contributed by atoms with Crippen molar-refractivity contribution in [2.45, 2.75) is 49.7 Å². The van der Waals surface area contributed by atoms with E-state index in [-0.39, 0.29) is 24.0 Å². The molecule has 2 aliphatic rings. The normalized spacial score (nSPS) is 23.0. The Bertz CT molecular complexity index is 1190. The average molecular weight is 447 g/mol. The lowest BCUT2D eigenvalue weighted by molar-refractivity contribution is 0.131. The fourth-order valence-electron chi connectivity index (χ4n) is 6.31. The van der Waals surface area contributed by atoms with Crippen molar-refractivity contribution in [3.63, 3.8) is 0 Å². The van der Waals surface area contributed by atoms with Gasteiger partial charge in [-0.3, -0.25) is 0 Å². The maximum atomic E-state index is 11.0. The first-order chi connectivity index (χ1) is 16.7. The summed E-state index contributed by atoms with van der Waals surface area (Å²) in [4.78, 5) is 0. The summed E-state index contributed by atoms with van der Waals surface area (Å²) in [6.07, 6.45) is 2.42. The van der Waals surface area contributed by atoms with Crippen LogP contribution in [-0.2, 0) is 12.8 Å². The minimum atomic E-state index is -0.367. The van der Waals surface area contributed by atoms with E-state index in [1.807, 2.05) is 12.1 Å². The molecule has 0 spiro atoms. The van der Waals surface area contributed by atoms with Gasteiger partial charge in [0.1, 0.15) is 0 Å². The molecule has 0 saturated carbocycles. The zero-order valence-corrected chi connectivity index (χ0v) is 19.3. The van der Waals surface area contributed by atoms with Crippen LogP contribution in [0.1, 0.15) is 46.9 Å². The van der Waals surface area contributed by atoms with Crippen molar-refractivity contribution in [2.75, 3.05) is 0 Å². The topological polar surface area (TPSA) is 40.5 Å². The minimum Gasteiger partial charge on any atom is -0.392 e. The van der Waals surface area contributed by atoms with Gasteiger partial charge in [0, 0.05) is 11.8 Å². The lowest BCUT2D eigenvalue weighted by Gasteiger charge is -2.21. The molecule has 2 N–H and O–H groups in total. The van der Waals surface area contributed by atoms with Gasteiger partial charge >= 0.3 is 0 Å². The molecule has 0 amide bonds.